The SMILES string of the molecule is CC(C)C(C)NC1CC(O)C1. The summed E-state index contributed by atoms with van der Waals surface area (Å²) in [6.07, 6.45) is 1.85. The van der Waals surface area contributed by atoms with E-state index < -0.39 is 0 Å². The lowest BCUT2D eigenvalue weighted by molar-refractivity contribution is 0.0561. The Labute approximate surface area is 69.0 Å². The molecule has 0 amide bonds. The molecule has 2 nitrogen and oxygen atoms in total. The Kier molecular flexibility index (Phi) is 2.90. The van der Waals surface area contributed by atoms with Crippen LogP contribution in [-0.4, -0.2) is 23.3 Å². The van der Waals surface area contributed by atoms with Crippen molar-refractivity contribution in [2.24, 2.45) is 5.92 Å². The molecule has 0 radical (unpaired) electrons. The van der Waals surface area contributed by atoms with E-state index in [4.69, 9.17) is 5.11 Å². The number of hydrogen-bond acceptors (Lipinski definition) is 2. The monoisotopic (exact) mass is 157 g/mol. The summed E-state index contributed by atoms with van der Waals surface area (Å²) in [6.45, 7) is 6.63. The first-order valence-electron chi connectivity index (χ1n) is 4.53. The predicted molar refractivity (Wildman–Crippen MR) is 46.5 cm³/mol. The van der Waals surface area contributed by atoms with Gasteiger partial charge in [0.15, 0.2) is 0 Å². The Morgan fingerprint density at radius 3 is 2.18 bits per heavy atom. The van der Waals surface area contributed by atoms with Crippen LogP contribution >= 0.6 is 0 Å². The molecule has 0 heterocycles. The highest BCUT2D eigenvalue weighted by molar-refractivity contribution is 4.86. The van der Waals surface area contributed by atoms with Gasteiger partial charge in [-0.3, -0.25) is 0 Å². The zero-order chi connectivity index (χ0) is 8.43. The molecule has 0 spiro atoms. The fourth-order valence-electron chi connectivity index (χ4n) is 1.29. The maximum absolute atomic E-state index is 9.03. The zero-order valence-electron chi connectivity index (χ0n) is 7.67. The zero-order valence-corrected chi connectivity index (χ0v) is 7.67. The van der Waals surface area contributed by atoms with Gasteiger partial charge in [0.2, 0.25) is 0 Å². The highest BCUT2D eigenvalue weighted by Crippen LogP contribution is 2.20. The predicted octanol–water partition coefficient (Wildman–Crippen LogP) is 1.14. The van der Waals surface area contributed by atoms with Gasteiger partial charge in [-0.15, -0.1) is 0 Å². The number of rotatable bonds is 3. The lowest BCUT2D eigenvalue weighted by Crippen LogP contribution is -2.49. The molecule has 1 aliphatic carbocycles. The Balaban J connectivity index is 2.11. The fraction of sp³-hybridized carbons (Fsp3) is 1.00. The summed E-state index contributed by atoms with van der Waals surface area (Å²) in [5, 5.41) is 12.5. The number of nitrogens with one attached hydrogen (secondary N) is 1. The molecule has 1 saturated carbocycles. The molecule has 0 aliphatic heterocycles. The van der Waals surface area contributed by atoms with Crippen LogP contribution in [0.3, 0.4) is 0 Å². The van der Waals surface area contributed by atoms with Crippen molar-refractivity contribution in [3.8, 4) is 0 Å². The van der Waals surface area contributed by atoms with Gasteiger partial charge >= 0.3 is 0 Å². The van der Waals surface area contributed by atoms with Gasteiger partial charge in [-0.25, -0.2) is 0 Å². The molecular formula is C9H19NO. The first-order valence-corrected chi connectivity index (χ1v) is 4.53. The smallest absolute Gasteiger partial charge is 0.0570 e. The summed E-state index contributed by atoms with van der Waals surface area (Å²) in [5.41, 5.74) is 0. The van der Waals surface area contributed by atoms with Gasteiger partial charge in [0.05, 0.1) is 6.10 Å². The molecule has 1 unspecified atom stereocenters. The molecule has 0 aromatic heterocycles. The summed E-state index contributed by atoms with van der Waals surface area (Å²) in [4.78, 5) is 0. The van der Waals surface area contributed by atoms with E-state index in [0.717, 1.165) is 12.8 Å². The third kappa shape index (κ3) is 2.46. The van der Waals surface area contributed by atoms with Crippen molar-refractivity contribution >= 4 is 0 Å². The summed E-state index contributed by atoms with van der Waals surface area (Å²) in [7, 11) is 0. The van der Waals surface area contributed by atoms with Crippen molar-refractivity contribution in [1.29, 1.82) is 0 Å². The highest BCUT2D eigenvalue weighted by atomic mass is 16.3. The summed E-state index contributed by atoms with van der Waals surface area (Å²) >= 11 is 0. The molecular weight excluding hydrogens is 138 g/mol. The molecule has 0 aromatic carbocycles. The third-order valence-corrected chi connectivity index (χ3v) is 2.61. The number of aliphatic hydroxyl groups excluding tert-OH is 1. The molecule has 2 heteroatoms. The van der Waals surface area contributed by atoms with Crippen LogP contribution in [-0.2, 0) is 0 Å². The molecule has 11 heavy (non-hydrogen) atoms. The largest absolute Gasteiger partial charge is 0.393 e. The maximum atomic E-state index is 9.03. The second kappa shape index (κ2) is 3.55. The lowest BCUT2D eigenvalue weighted by Gasteiger charge is -2.35. The molecule has 1 aliphatic rings. The number of hydrogen-bond donors (Lipinski definition) is 2. The molecule has 2 N–H and O–H groups in total. The van der Waals surface area contributed by atoms with Crippen LogP contribution in [0, 0.1) is 5.92 Å². The second-order valence-electron chi connectivity index (χ2n) is 4.02. The van der Waals surface area contributed by atoms with E-state index in [1.807, 2.05) is 0 Å². The van der Waals surface area contributed by atoms with Gasteiger partial charge < -0.3 is 10.4 Å². The Morgan fingerprint density at radius 1 is 1.27 bits per heavy atom. The van der Waals surface area contributed by atoms with Crippen molar-refractivity contribution < 1.29 is 5.11 Å². The lowest BCUT2D eigenvalue weighted by atomic mass is 9.88. The molecule has 66 valence electrons. The molecule has 0 aromatic rings. The minimum absolute atomic E-state index is 0.0353. The van der Waals surface area contributed by atoms with E-state index in [2.05, 4.69) is 26.1 Å². The van der Waals surface area contributed by atoms with Crippen molar-refractivity contribution in [3.05, 3.63) is 0 Å². The minimum Gasteiger partial charge on any atom is -0.393 e. The van der Waals surface area contributed by atoms with Crippen LogP contribution in [0.1, 0.15) is 33.6 Å². The van der Waals surface area contributed by atoms with E-state index in [-0.39, 0.29) is 6.10 Å². The van der Waals surface area contributed by atoms with Crippen LogP contribution in [0.2, 0.25) is 0 Å². The summed E-state index contributed by atoms with van der Waals surface area (Å²) < 4.78 is 0. The summed E-state index contributed by atoms with van der Waals surface area (Å²) in [5.74, 6) is 0.688. The number of aliphatic hydroxyl groups is 1. The van der Waals surface area contributed by atoms with Gasteiger partial charge in [-0.2, -0.15) is 0 Å². The van der Waals surface area contributed by atoms with E-state index in [1.54, 1.807) is 0 Å². The van der Waals surface area contributed by atoms with Gasteiger partial charge in [0.1, 0.15) is 0 Å². The molecule has 0 saturated heterocycles. The van der Waals surface area contributed by atoms with Crippen LogP contribution in [0.15, 0.2) is 0 Å². The topological polar surface area (TPSA) is 32.3 Å². The average molecular weight is 157 g/mol. The Morgan fingerprint density at radius 2 is 1.82 bits per heavy atom. The standard InChI is InChI=1S/C9H19NO/c1-6(2)7(3)10-8-4-9(11)5-8/h6-11H,4-5H2,1-3H3. The second-order valence-corrected chi connectivity index (χ2v) is 4.02. The Bertz CT molecular complexity index is 119. The Hall–Kier alpha value is -0.0800. The van der Waals surface area contributed by atoms with Gasteiger partial charge in [-0.05, 0) is 25.7 Å². The van der Waals surface area contributed by atoms with Crippen LogP contribution in [0.4, 0.5) is 0 Å². The maximum Gasteiger partial charge on any atom is 0.0570 e. The third-order valence-electron chi connectivity index (χ3n) is 2.61. The van der Waals surface area contributed by atoms with Crippen LogP contribution < -0.4 is 5.32 Å². The molecule has 0 bridgehead atoms. The van der Waals surface area contributed by atoms with E-state index in [9.17, 15) is 0 Å². The van der Waals surface area contributed by atoms with Crippen molar-refractivity contribution in [2.75, 3.05) is 0 Å². The molecule has 1 atom stereocenters. The minimum atomic E-state index is -0.0353. The fourth-order valence-corrected chi connectivity index (χ4v) is 1.29. The summed E-state index contributed by atoms with van der Waals surface area (Å²) in [6, 6.07) is 1.15. The highest BCUT2D eigenvalue weighted by Gasteiger charge is 2.28. The van der Waals surface area contributed by atoms with E-state index in [1.165, 1.54) is 0 Å². The van der Waals surface area contributed by atoms with Gasteiger partial charge in [0.25, 0.3) is 0 Å². The van der Waals surface area contributed by atoms with Crippen LogP contribution in [0.5, 0.6) is 0 Å². The molecule has 1 fully saturated rings. The van der Waals surface area contributed by atoms with Gasteiger partial charge in [0, 0.05) is 12.1 Å². The first-order chi connectivity index (χ1) is 5.09. The van der Waals surface area contributed by atoms with Crippen LogP contribution in [0.25, 0.3) is 0 Å². The first kappa shape index (κ1) is 9.01. The van der Waals surface area contributed by atoms with Crippen molar-refractivity contribution in [3.63, 3.8) is 0 Å². The van der Waals surface area contributed by atoms with Crippen molar-refractivity contribution in [2.45, 2.75) is 51.8 Å². The van der Waals surface area contributed by atoms with E-state index in [0.29, 0.717) is 18.0 Å². The van der Waals surface area contributed by atoms with Gasteiger partial charge in [-0.1, -0.05) is 13.8 Å². The van der Waals surface area contributed by atoms with E-state index >= 15 is 0 Å². The van der Waals surface area contributed by atoms with Crippen molar-refractivity contribution in [1.82, 2.24) is 5.32 Å². The molecule has 1 rings (SSSR count). The quantitative estimate of drug-likeness (QED) is 0.644. The normalized spacial score (nSPS) is 33.5. The average Bonchev–Trinajstić information content (AvgIpc) is 1.84.